The maximum absolute atomic E-state index is 13.5. The number of aryl methyl sites for hydroxylation is 1. The molecule has 0 aliphatic rings. The van der Waals surface area contributed by atoms with E-state index >= 15 is 0 Å². The second-order valence-corrected chi connectivity index (χ2v) is 9.65. The molecular formula is C26H29N3O4S. The van der Waals surface area contributed by atoms with Crippen LogP contribution in [0.1, 0.15) is 35.3 Å². The molecule has 0 bridgehead atoms. The van der Waals surface area contributed by atoms with E-state index in [1.807, 2.05) is 37.3 Å². The summed E-state index contributed by atoms with van der Waals surface area (Å²) in [5.41, 5.74) is 2.21. The number of phenols is 1. The summed E-state index contributed by atoms with van der Waals surface area (Å²) >= 11 is 0. The Labute approximate surface area is 201 Å². The molecule has 0 unspecified atom stereocenters. The van der Waals surface area contributed by atoms with Gasteiger partial charge in [-0.3, -0.25) is 4.79 Å². The molecule has 1 N–H and O–H groups in total. The molecule has 0 saturated carbocycles. The van der Waals surface area contributed by atoms with Crippen LogP contribution in [0.2, 0.25) is 0 Å². The number of nitrogens with zero attached hydrogens (tertiary/aromatic N) is 3. The topological polar surface area (TPSA) is 90.3 Å². The minimum Gasteiger partial charge on any atom is -0.506 e. The standard InChI is InChI=1S/C26H29N3O4S/c1-4-28(5-2)34(32,33)23-13-9-12-22(19-23)26(31)29(24-18-20(3)14-15-25(24)30)27-17-16-21-10-7-6-8-11-21/h6-15,17-19,30H,4-5,16H2,1-3H3/b27-17+. The number of carbonyl (C=O) groups excluding carboxylic acids is 1. The minimum absolute atomic E-state index is 0.0312. The quantitative estimate of drug-likeness (QED) is 0.359. The van der Waals surface area contributed by atoms with Crippen LogP contribution < -0.4 is 5.01 Å². The summed E-state index contributed by atoms with van der Waals surface area (Å²) in [4.78, 5) is 13.6. The highest BCUT2D eigenvalue weighted by Crippen LogP contribution is 2.30. The summed E-state index contributed by atoms with van der Waals surface area (Å²) in [5.74, 6) is -0.662. The average molecular weight is 480 g/mol. The minimum atomic E-state index is -3.74. The van der Waals surface area contributed by atoms with Crippen molar-refractivity contribution >= 4 is 27.8 Å². The van der Waals surface area contributed by atoms with E-state index in [4.69, 9.17) is 0 Å². The van der Waals surface area contributed by atoms with Gasteiger partial charge in [-0.05, 0) is 48.4 Å². The highest BCUT2D eigenvalue weighted by molar-refractivity contribution is 7.89. The van der Waals surface area contributed by atoms with Crippen LogP contribution in [0.25, 0.3) is 0 Å². The van der Waals surface area contributed by atoms with Gasteiger partial charge in [0.25, 0.3) is 5.91 Å². The molecule has 3 rings (SSSR count). The number of anilines is 1. The Morgan fingerprint density at radius 1 is 0.971 bits per heavy atom. The van der Waals surface area contributed by atoms with Crippen LogP contribution in [-0.2, 0) is 16.4 Å². The third-order valence-electron chi connectivity index (χ3n) is 5.34. The van der Waals surface area contributed by atoms with Crippen molar-refractivity contribution in [1.82, 2.24) is 4.31 Å². The molecule has 8 heteroatoms. The van der Waals surface area contributed by atoms with E-state index in [9.17, 15) is 18.3 Å². The molecule has 0 atom stereocenters. The van der Waals surface area contributed by atoms with Crippen molar-refractivity contribution in [2.24, 2.45) is 5.10 Å². The first-order valence-electron chi connectivity index (χ1n) is 11.1. The van der Waals surface area contributed by atoms with Gasteiger partial charge in [-0.15, -0.1) is 0 Å². The predicted octanol–water partition coefficient (Wildman–Crippen LogP) is 4.61. The molecule has 7 nitrogen and oxygen atoms in total. The molecule has 1 amide bonds. The maximum atomic E-state index is 13.5. The summed E-state index contributed by atoms with van der Waals surface area (Å²) in [6.07, 6.45) is 2.07. The molecule has 0 saturated heterocycles. The monoisotopic (exact) mass is 479 g/mol. The zero-order valence-electron chi connectivity index (χ0n) is 19.5. The lowest BCUT2D eigenvalue weighted by Gasteiger charge is -2.21. The smallest absolute Gasteiger partial charge is 0.278 e. The first-order chi connectivity index (χ1) is 16.3. The van der Waals surface area contributed by atoms with Crippen LogP contribution >= 0.6 is 0 Å². The summed E-state index contributed by atoms with van der Waals surface area (Å²) < 4.78 is 27.3. The second-order valence-electron chi connectivity index (χ2n) is 7.71. The SMILES string of the molecule is CCN(CC)S(=O)(=O)c1cccc(C(=O)N(/N=C/Cc2ccccc2)c2cc(C)ccc2O)c1. The lowest BCUT2D eigenvalue weighted by Crippen LogP contribution is -2.31. The molecule has 0 radical (unpaired) electrons. The van der Waals surface area contributed by atoms with E-state index in [1.54, 1.807) is 32.2 Å². The number of aromatic hydroxyl groups is 1. The van der Waals surface area contributed by atoms with Gasteiger partial charge in [-0.25, -0.2) is 8.42 Å². The van der Waals surface area contributed by atoms with Crippen molar-refractivity contribution in [3.8, 4) is 5.75 Å². The number of amides is 1. The van der Waals surface area contributed by atoms with Gasteiger partial charge in [0.05, 0.1) is 4.90 Å². The molecule has 0 aliphatic carbocycles. The van der Waals surface area contributed by atoms with Crippen LogP contribution in [0.15, 0.2) is 82.8 Å². The van der Waals surface area contributed by atoms with Crippen LogP contribution in [0.3, 0.4) is 0 Å². The molecule has 0 heterocycles. The Morgan fingerprint density at radius 3 is 2.35 bits per heavy atom. The predicted molar refractivity (Wildman–Crippen MR) is 135 cm³/mol. The Balaban J connectivity index is 2.01. The van der Waals surface area contributed by atoms with Gasteiger partial charge in [0.15, 0.2) is 0 Å². The second kappa shape index (κ2) is 11.1. The molecule has 3 aromatic rings. The molecule has 34 heavy (non-hydrogen) atoms. The van der Waals surface area contributed by atoms with Gasteiger partial charge >= 0.3 is 0 Å². The fourth-order valence-electron chi connectivity index (χ4n) is 3.49. The van der Waals surface area contributed by atoms with Gasteiger partial charge in [-0.1, -0.05) is 56.3 Å². The Hall–Kier alpha value is -3.49. The zero-order valence-corrected chi connectivity index (χ0v) is 20.4. The Kier molecular flexibility index (Phi) is 8.20. The van der Waals surface area contributed by atoms with Crippen LogP contribution in [0.4, 0.5) is 5.69 Å². The summed E-state index contributed by atoms with van der Waals surface area (Å²) in [6.45, 7) is 6.02. The number of benzene rings is 3. The molecule has 178 valence electrons. The molecule has 3 aromatic carbocycles. The molecule has 0 spiro atoms. The third kappa shape index (κ3) is 5.70. The van der Waals surface area contributed by atoms with Gasteiger partial charge < -0.3 is 5.11 Å². The van der Waals surface area contributed by atoms with Crippen LogP contribution in [0.5, 0.6) is 5.75 Å². The zero-order chi connectivity index (χ0) is 24.7. The molecular weight excluding hydrogens is 450 g/mol. The van der Waals surface area contributed by atoms with Crippen molar-refractivity contribution in [3.63, 3.8) is 0 Å². The van der Waals surface area contributed by atoms with Gasteiger partial charge in [0, 0.05) is 31.3 Å². The van der Waals surface area contributed by atoms with Crippen molar-refractivity contribution in [3.05, 3.63) is 89.5 Å². The normalized spacial score (nSPS) is 11.8. The van der Waals surface area contributed by atoms with Crippen molar-refractivity contribution in [2.45, 2.75) is 32.1 Å². The van der Waals surface area contributed by atoms with Crippen LogP contribution in [0, 0.1) is 6.92 Å². The van der Waals surface area contributed by atoms with Gasteiger partial charge in [-0.2, -0.15) is 14.4 Å². The Bertz CT molecular complexity index is 1270. The number of phenolic OH excluding ortho intramolecular Hbond substituents is 1. The third-order valence-corrected chi connectivity index (χ3v) is 7.39. The van der Waals surface area contributed by atoms with Crippen molar-refractivity contribution in [2.75, 3.05) is 18.1 Å². The van der Waals surface area contributed by atoms with E-state index in [-0.39, 0.29) is 21.9 Å². The first kappa shape index (κ1) is 25.1. The highest BCUT2D eigenvalue weighted by atomic mass is 32.2. The maximum Gasteiger partial charge on any atom is 0.278 e. The number of carbonyl (C=O) groups is 1. The van der Waals surface area contributed by atoms with Gasteiger partial charge in [0.2, 0.25) is 10.0 Å². The first-order valence-corrected chi connectivity index (χ1v) is 12.5. The fourth-order valence-corrected chi connectivity index (χ4v) is 5.00. The largest absolute Gasteiger partial charge is 0.506 e. The molecule has 0 aliphatic heterocycles. The van der Waals surface area contributed by atoms with Crippen molar-refractivity contribution < 1.29 is 18.3 Å². The molecule has 0 fully saturated rings. The fraction of sp³-hybridized carbons (Fsp3) is 0.231. The number of hydrazone groups is 1. The number of rotatable bonds is 9. The van der Waals surface area contributed by atoms with E-state index < -0.39 is 15.9 Å². The lowest BCUT2D eigenvalue weighted by atomic mass is 10.1. The van der Waals surface area contributed by atoms with Crippen molar-refractivity contribution in [1.29, 1.82) is 0 Å². The number of sulfonamides is 1. The average Bonchev–Trinajstić information content (AvgIpc) is 2.84. The van der Waals surface area contributed by atoms with E-state index in [0.29, 0.717) is 19.5 Å². The summed E-state index contributed by atoms with van der Waals surface area (Å²) in [6, 6.07) is 20.4. The number of hydrogen-bond acceptors (Lipinski definition) is 5. The highest BCUT2D eigenvalue weighted by Gasteiger charge is 2.25. The lowest BCUT2D eigenvalue weighted by molar-refractivity contribution is 0.0987. The summed E-state index contributed by atoms with van der Waals surface area (Å²) in [5, 5.41) is 15.9. The Morgan fingerprint density at radius 2 is 1.68 bits per heavy atom. The van der Waals surface area contributed by atoms with E-state index in [0.717, 1.165) is 16.1 Å². The van der Waals surface area contributed by atoms with Crippen LogP contribution in [-0.4, -0.2) is 43.0 Å². The van der Waals surface area contributed by atoms with E-state index in [2.05, 4.69) is 5.10 Å². The number of hydrogen-bond donors (Lipinski definition) is 1. The summed E-state index contributed by atoms with van der Waals surface area (Å²) in [7, 11) is -3.74. The van der Waals surface area contributed by atoms with E-state index in [1.165, 1.54) is 34.6 Å². The molecule has 0 aromatic heterocycles. The van der Waals surface area contributed by atoms with Gasteiger partial charge in [0.1, 0.15) is 11.4 Å².